The monoisotopic (exact) mass is 292 g/mol. The summed E-state index contributed by atoms with van der Waals surface area (Å²) in [7, 11) is 0. The van der Waals surface area contributed by atoms with E-state index in [1.54, 1.807) is 18.5 Å². The predicted octanol–water partition coefficient (Wildman–Crippen LogP) is 3.29. The highest BCUT2D eigenvalue weighted by molar-refractivity contribution is 5.53. The largest absolute Gasteiger partial charge is 0.433 e. The van der Waals surface area contributed by atoms with Crippen LogP contribution in [-0.2, 0) is 12.7 Å². The fraction of sp³-hybridized carbons (Fsp3) is 0.214. The summed E-state index contributed by atoms with van der Waals surface area (Å²) >= 11 is 0. The number of pyridine rings is 2. The lowest BCUT2D eigenvalue weighted by Crippen LogP contribution is -2.12. The summed E-state index contributed by atoms with van der Waals surface area (Å²) in [4.78, 5) is 7.42. The molecular weight excluding hydrogens is 281 g/mol. The van der Waals surface area contributed by atoms with Gasteiger partial charge in [0.1, 0.15) is 17.6 Å². The zero-order chi connectivity index (χ0) is 15.5. The van der Waals surface area contributed by atoms with Gasteiger partial charge in [0.05, 0.1) is 5.56 Å². The van der Waals surface area contributed by atoms with Gasteiger partial charge in [-0.3, -0.25) is 4.98 Å². The maximum atomic E-state index is 12.6. The lowest BCUT2D eigenvalue weighted by Gasteiger charge is -2.12. The molecule has 2 aromatic rings. The first-order chi connectivity index (χ1) is 9.91. The van der Waals surface area contributed by atoms with Gasteiger partial charge in [-0.05, 0) is 36.2 Å². The molecular formula is C14H11F3N4. The second-order valence-electron chi connectivity index (χ2n) is 4.36. The lowest BCUT2D eigenvalue weighted by molar-refractivity contribution is -0.141. The van der Waals surface area contributed by atoms with E-state index < -0.39 is 11.9 Å². The van der Waals surface area contributed by atoms with Crippen LogP contribution in [0, 0.1) is 18.3 Å². The van der Waals surface area contributed by atoms with Crippen molar-refractivity contribution in [2.24, 2.45) is 0 Å². The minimum atomic E-state index is -4.54. The Balaban J connectivity index is 2.27. The number of hydrogen-bond acceptors (Lipinski definition) is 4. The molecule has 2 aromatic heterocycles. The van der Waals surface area contributed by atoms with E-state index in [1.165, 1.54) is 0 Å². The summed E-state index contributed by atoms with van der Waals surface area (Å²) in [5, 5.41) is 11.7. The molecule has 0 aliphatic rings. The Kier molecular flexibility index (Phi) is 4.08. The zero-order valence-corrected chi connectivity index (χ0v) is 11.1. The molecule has 1 N–H and O–H groups in total. The van der Waals surface area contributed by atoms with Gasteiger partial charge in [0, 0.05) is 18.9 Å². The first-order valence-corrected chi connectivity index (χ1v) is 6.03. The van der Waals surface area contributed by atoms with E-state index in [2.05, 4.69) is 15.3 Å². The molecule has 0 radical (unpaired) electrons. The summed E-state index contributed by atoms with van der Waals surface area (Å²) < 4.78 is 37.9. The number of alkyl halides is 3. The van der Waals surface area contributed by atoms with E-state index in [0.717, 1.165) is 23.3 Å². The minimum Gasteiger partial charge on any atom is -0.365 e. The van der Waals surface area contributed by atoms with Crippen LogP contribution in [0.2, 0.25) is 0 Å². The van der Waals surface area contributed by atoms with Gasteiger partial charge in [-0.1, -0.05) is 0 Å². The van der Waals surface area contributed by atoms with Gasteiger partial charge in [-0.25, -0.2) is 4.98 Å². The fourth-order valence-corrected chi connectivity index (χ4v) is 1.72. The molecule has 7 heteroatoms. The van der Waals surface area contributed by atoms with Crippen LogP contribution in [0.5, 0.6) is 0 Å². The first-order valence-electron chi connectivity index (χ1n) is 6.03. The van der Waals surface area contributed by atoms with Crippen molar-refractivity contribution >= 4 is 5.82 Å². The number of nitrogens with one attached hydrogen (secondary N) is 1. The van der Waals surface area contributed by atoms with Crippen molar-refractivity contribution in [3.8, 4) is 6.07 Å². The average Bonchev–Trinajstić information content (AvgIpc) is 2.45. The molecule has 0 atom stereocenters. The summed E-state index contributed by atoms with van der Waals surface area (Å²) in [5.74, 6) is -0.0801. The molecule has 2 heterocycles. The maximum absolute atomic E-state index is 12.6. The maximum Gasteiger partial charge on any atom is 0.433 e. The predicted molar refractivity (Wildman–Crippen MR) is 70.3 cm³/mol. The van der Waals surface area contributed by atoms with Crippen LogP contribution < -0.4 is 5.32 Å². The standard InChI is InChI=1S/C14H11F3N4/c1-9-7-19-5-4-11(9)8-20-13-10(6-18)2-3-12(21-13)14(15,16)17/h2-5,7H,8H2,1H3,(H,20,21). The Morgan fingerprint density at radius 2 is 2.05 bits per heavy atom. The third-order valence-electron chi connectivity index (χ3n) is 2.89. The van der Waals surface area contributed by atoms with Crippen LogP contribution in [0.4, 0.5) is 19.0 Å². The molecule has 2 rings (SSSR count). The van der Waals surface area contributed by atoms with Crippen molar-refractivity contribution in [3.63, 3.8) is 0 Å². The summed E-state index contributed by atoms with van der Waals surface area (Å²) in [5.41, 5.74) is 0.800. The SMILES string of the molecule is Cc1cnccc1CNc1nc(C(F)(F)F)ccc1C#N. The lowest BCUT2D eigenvalue weighted by atomic mass is 10.1. The summed E-state index contributed by atoms with van der Waals surface area (Å²) in [6.45, 7) is 2.10. The first kappa shape index (κ1) is 14.8. The Morgan fingerprint density at radius 1 is 1.29 bits per heavy atom. The number of aryl methyl sites for hydroxylation is 1. The van der Waals surface area contributed by atoms with Gasteiger partial charge >= 0.3 is 6.18 Å². The van der Waals surface area contributed by atoms with Crippen molar-refractivity contribution in [2.75, 3.05) is 5.32 Å². The quantitative estimate of drug-likeness (QED) is 0.943. The summed E-state index contributed by atoms with van der Waals surface area (Å²) in [6, 6.07) is 5.47. The molecule has 108 valence electrons. The Labute approximate surface area is 119 Å². The van der Waals surface area contributed by atoms with Crippen LogP contribution in [0.3, 0.4) is 0 Å². The van der Waals surface area contributed by atoms with Gasteiger partial charge in [0.25, 0.3) is 0 Å². The third kappa shape index (κ3) is 3.48. The number of nitrogens with zero attached hydrogens (tertiary/aromatic N) is 3. The second kappa shape index (κ2) is 5.79. The zero-order valence-electron chi connectivity index (χ0n) is 11.1. The molecule has 0 bridgehead atoms. The van der Waals surface area contributed by atoms with Crippen molar-refractivity contribution < 1.29 is 13.2 Å². The average molecular weight is 292 g/mol. The molecule has 0 aromatic carbocycles. The highest BCUT2D eigenvalue weighted by atomic mass is 19.4. The van der Waals surface area contributed by atoms with Crippen molar-refractivity contribution in [1.82, 2.24) is 9.97 Å². The van der Waals surface area contributed by atoms with Crippen molar-refractivity contribution in [3.05, 3.63) is 53.0 Å². The van der Waals surface area contributed by atoms with Crippen LogP contribution >= 0.6 is 0 Å². The van der Waals surface area contributed by atoms with E-state index in [4.69, 9.17) is 5.26 Å². The van der Waals surface area contributed by atoms with Crippen LogP contribution in [-0.4, -0.2) is 9.97 Å². The number of hydrogen-bond donors (Lipinski definition) is 1. The van der Waals surface area contributed by atoms with E-state index in [9.17, 15) is 13.2 Å². The third-order valence-corrected chi connectivity index (χ3v) is 2.89. The van der Waals surface area contributed by atoms with Gasteiger partial charge in [-0.15, -0.1) is 0 Å². The molecule has 0 saturated carbocycles. The number of anilines is 1. The number of halogens is 3. The second-order valence-corrected chi connectivity index (χ2v) is 4.36. The smallest absolute Gasteiger partial charge is 0.365 e. The van der Waals surface area contributed by atoms with Gasteiger partial charge < -0.3 is 5.32 Å². The fourth-order valence-electron chi connectivity index (χ4n) is 1.72. The molecule has 21 heavy (non-hydrogen) atoms. The molecule has 0 saturated heterocycles. The van der Waals surface area contributed by atoms with Gasteiger partial charge in [0.2, 0.25) is 0 Å². The molecule has 4 nitrogen and oxygen atoms in total. The molecule has 0 unspecified atom stereocenters. The highest BCUT2D eigenvalue weighted by Gasteiger charge is 2.33. The highest BCUT2D eigenvalue weighted by Crippen LogP contribution is 2.29. The summed E-state index contributed by atoms with van der Waals surface area (Å²) in [6.07, 6.45) is -1.30. The van der Waals surface area contributed by atoms with Gasteiger partial charge in [0.15, 0.2) is 0 Å². The molecule has 0 amide bonds. The van der Waals surface area contributed by atoms with Crippen LogP contribution in [0.25, 0.3) is 0 Å². The van der Waals surface area contributed by atoms with Gasteiger partial charge in [-0.2, -0.15) is 18.4 Å². The molecule has 0 aliphatic carbocycles. The molecule has 0 spiro atoms. The number of nitriles is 1. The van der Waals surface area contributed by atoms with Crippen molar-refractivity contribution in [1.29, 1.82) is 5.26 Å². The van der Waals surface area contributed by atoms with E-state index in [0.29, 0.717) is 0 Å². The normalized spacial score (nSPS) is 11.0. The number of aromatic nitrogens is 2. The van der Waals surface area contributed by atoms with E-state index in [-0.39, 0.29) is 17.9 Å². The minimum absolute atomic E-state index is 0.0645. The number of rotatable bonds is 3. The topological polar surface area (TPSA) is 61.6 Å². The van der Waals surface area contributed by atoms with Crippen LogP contribution in [0.1, 0.15) is 22.4 Å². The van der Waals surface area contributed by atoms with Crippen LogP contribution in [0.15, 0.2) is 30.6 Å². The Morgan fingerprint density at radius 3 is 2.67 bits per heavy atom. The molecule has 0 aliphatic heterocycles. The Bertz CT molecular complexity index is 689. The van der Waals surface area contributed by atoms with E-state index >= 15 is 0 Å². The van der Waals surface area contributed by atoms with E-state index in [1.807, 2.05) is 13.0 Å². The van der Waals surface area contributed by atoms with Crippen molar-refractivity contribution in [2.45, 2.75) is 19.6 Å². The molecule has 0 fully saturated rings. The Hall–Kier alpha value is -2.62.